The first-order valence-corrected chi connectivity index (χ1v) is 8.15. The van der Waals surface area contributed by atoms with E-state index >= 15 is 0 Å². The molecule has 0 radical (unpaired) electrons. The van der Waals surface area contributed by atoms with Gasteiger partial charge in [-0.05, 0) is 37.7 Å². The number of esters is 1. The van der Waals surface area contributed by atoms with E-state index in [1.807, 2.05) is 30.3 Å². The molecule has 1 amide bonds. The van der Waals surface area contributed by atoms with Crippen molar-refractivity contribution in [2.24, 2.45) is 10.8 Å². The number of nitrogens with one attached hydrogen (secondary N) is 1. The zero-order valence-electron chi connectivity index (χ0n) is 13.3. The van der Waals surface area contributed by atoms with Crippen LogP contribution in [0, 0.1) is 10.8 Å². The van der Waals surface area contributed by atoms with Crippen molar-refractivity contribution in [2.45, 2.75) is 44.2 Å². The van der Waals surface area contributed by atoms with E-state index in [-0.39, 0.29) is 28.9 Å². The average Bonchev–Trinajstić information content (AvgIpc) is 3.20. The second-order valence-corrected chi connectivity index (χ2v) is 7.10. The van der Waals surface area contributed by atoms with Gasteiger partial charge >= 0.3 is 12.1 Å². The van der Waals surface area contributed by atoms with Crippen molar-refractivity contribution in [3.63, 3.8) is 0 Å². The molecule has 1 N–H and O–H groups in total. The Morgan fingerprint density at radius 3 is 2.52 bits per heavy atom. The molecule has 3 saturated carbocycles. The maximum absolute atomic E-state index is 12.2. The van der Waals surface area contributed by atoms with Crippen LogP contribution in [0.4, 0.5) is 4.79 Å². The summed E-state index contributed by atoms with van der Waals surface area (Å²) >= 11 is 0. The summed E-state index contributed by atoms with van der Waals surface area (Å²) in [5.74, 6) is -0.109. The molecular formula is C18H21NO4. The van der Waals surface area contributed by atoms with E-state index in [0.29, 0.717) is 0 Å². The van der Waals surface area contributed by atoms with Crippen LogP contribution in [0.3, 0.4) is 0 Å². The molecule has 4 rings (SSSR count). The monoisotopic (exact) mass is 315 g/mol. The van der Waals surface area contributed by atoms with Crippen LogP contribution in [0.5, 0.6) is 0 Å². The molecule has 3 atom stereocenters. The Bertz CT molecular complexity index is 656. The summed E-state index contributed by atoms with van der Waals surface area (Å²) in [6.45, 7) is 0.262. The minimum Gasteiger partial charge on any atom is -0.469 e. The third kappa shape index (κ3) is 1.79. The minimum absolute atomic E-state index is 0.0845. The molecule has 3 unspecified atom stereocenters. The first-order valence-electron chi connectivity index (χ1n) is 8.15. The fourth-order valence-electron chi connectivity index (χ4n) is 5.05. The maximum atomic E-state index is 12.2. The molecular weight excluding hydrogens is 294 g/mol. The molecule has 5 heteroatoms. The van der Waals surface area contributed by atoms with Gasteiger partial charge < -0.3 is 14.8 Å². The van der Waals surface area contributed by atoms with Crippen LogP contribution in [0.15, 0.2) is 30.3 Å². The maximum Gasteiger partial charge on any atom is 0.407 e. The molecule has 3 fully saturated rings. The molecule has 0 bridgehead atoms. The largest absolute Gasteiger partial charge is 0.469 e. The summed E-state index contributed by atoms with van der Waals surface area (Å²) in [6.07, 6.45) is 3.98. The zero-order valence-corrected chi connectivity index (χ0v) is 13.3. The molecule has 0 aromatic heterocycles. The lowest BCUT2D eigenvalue weighted by Crippen LogP contribution is -2.51. The van der Waals surface area contributed by atoms with Crippen molar-refractivity contribution in [1.29, 1.82) is 0 Å². The number of carbonyl (C=O) groups is 2. The third-order valence-electron chi connectivity index (χ3n) is 6.40. The van der Waals surface area contributed by atoms with Crippen LogP contribution in [0.25, 0.3) is 0 Å². The fourth-order valence-corrected chi connectivity index (χ4v) is 5.05. The van der Waals surface area contributed by atoms with Gasteiger partial charge in [0.25, 0.3) is 0 Å². The Balaban J connectivity index is 1.39. The van der Waals surface area contributed by atoms with Crippen molar-refractivity contribution in [2.75, 3.05) is 7.11 Å². The molecule has 1 aromatic carbocycles. The topological polar surface area (TPSA) is 64.6 Å². The Morgan fingerprint density at radius 1 is 1.13 bits per heavy atom. The van der Waals surface area contributed by atoms with Gasteiger partial charge in [0.05, 0.1) is 18.1 Å². The molecule has 0 aliphatic heterocycles. The number of ether oxygens (including phenoxy) is 2. The third-order valence-corrected chi connectivity index (χ3v) is 6.40. The summed E-state index contributed by atoms with van der Waals surface area (Å²) < 4.78 is 10.4. The molecule has 5 nitrogen and oxygen atoms in total. The van der Waals surface area contributed by atoms with Crippen molar-refractivity contribution >= 4 is 12.1 Å². The predicted molar refractivity (Wildman–Crippen MR) is 82.5 cm³/mol. The normalized spacial score (nSPS) is 36.2. The van der Waals surface area contributed by atoms with E-state index in [2.05, 4.69) is 5.32 Å². The van der Waals surface area contributed by atoms with E-state index in [4.69, 9.17) is 9.47 Å². The molecule has 1 aromatic rings. The molecule has 3 aliphatic carbocycles. The lowest BCUT2D eigenvalue weighted by atomic mass is 9.57. The number of alkyl carbamates (subject to hydrolysis) is 1. The van der Waals surface area contributed by atoms with Crippen LogP contribution in [-0.2, 0) is 20.9 Å². The van der Waals surface area contributed by atoms with Gasteiger partial charge in [-0.3, -0.25) is 4.79 Å². The zero-order chi connectivity index (χ0) is 16.1. The van der Waals surface area contributed by atoms with Gasteiger partial charge in [-0.25, -0.2) is 4.79 Å². The van der Waals surface area contributed by atoms with Gasteiger partial charge in [0.15, 0.2) is 0 Å². The molecule has 0 heterocycles. The Labute approximate surface area is 135 Å². The van der Waals surface area contributed by atoms with E-state index in [1.54, 1.807) is 0 Å². The lowest BCUT2D eigenvalue weighted by molar-refractivity contribution is -0.166. The Hall–Kier alpha value is -2.04. The van der Waals surface area contributed by atoms with Gasteiger partial charge in [-0.1, -0.05) is 30.3 Å². The van der Waals surface area contributed by atoms with Gasteiger partial charge in [0.1, 0.15) is 6.61 Å². The summed E-state index contributed by atoms with van der Waals surface area (Å²) in [5, 5.41) is 3.06. The van der Waals surface area contributed by atoms with Gasteiger partial charge in [0.2, 0.25) is 0 Å². The predicted octanol–water partition coefficient (Wildman–Crippen LogP) is 2.79. The highest BCUT2D eigenvalue weighted by Crippen LogP contribution is 2.84. The second-order valence-electron chi connectivity index (χ2n) is 7.10. The van der Waals surface area contributed by atoms with E-state index < -0.39 is 6.09 Å². The standard InChI is InChI=1S/C18H21NO4/c1-22-14(20)16-7-9-17(16)12-18(17,10-8-16)19-15(21)23-11-13-5-3-2-4-6-13/h2-6H,7-12H2,1H3,(H,19,21). The molecule has 23 heavy (non-hydrogen) atoms. The first kappa shape index (κ1) is 14.5. The van der Waals surface area contributed by atoms with Crippen molar-refractivity contribution in [1.82, 2.24) is 5.32 Å². The van der Waals surface area contributed by atoms with Crippen LogP contribution in [-0.4, -0.2) is 24.7 Å². The van der Waals surface area contributed by atoms with E-state index in [0.717, 1.165) is 37.7 Å². The lowest BCUT2D eigenvalue weighted by Gasteiger charge is -2.46. The summed E-state index contributed by atoms with van der Waals surface area (Å²) in [5.41, 5.74) is 0.255. The quantitative estimate of drug-likeness (QED) is 0.868. The number of methoxy groups -OCH3 is 1. The number of amides is 1. The minimum atomic E-state index is -0.390. The van der Waals surface area contributed by atoms with Crippen molar-refractivity contribution in [3.8, 4) is 0 Å². The number of rotatable bonds is 4. The van der Waals surface area contributed by atoms with Gasteiger partial charge in [-0.15, -0.1) is 0 Å². The summed E-state index contributed by atoms with van der Waals surface area (Å²) in [6, 6.07) is 9.61. The number of carbonyl (C=O) groups excluding carboxylic acids is 2. The van der Waals surface area contributed by atoms with Gasteiger partial charge in [-0.2, -0.15) is 0 Å². The smallest absolute Gasteiger partial charge is 0.407 e. The summed E-state index contributed by atoms with van der Waals surface area (Å²) in [4.78, 5) is 24.4. The van der Waals surface area contributed by atoms with Crippen molar-refractivity contribution < 1.29 is 19.1 Å². The molecule has 0 saturated heterocycles. The summed E-state index contributed by atoms with van der Waals surface area (Å²) in [7, 11) is 1.45. The van der Waals surface area contributed by atoms with Crippen molar-refractivity contribution in [3.05, 3.63) is 35.9 Å². The second kappa shape index (κ2) is 4.73. The molecule has 1 spiro atoms. The van der Waals surface area contributed by atoms with Crippen LogP contribution >= 0.6 is 0 Å². The highest BCUT2D eigenvalue weighted by molar-refractivity contribution is 5.83. The average molecular weight is 315 g/mol. The Morgan fingerprint density at radius 2 is 1.87 bits per heavy atom. The first-order chi connectivity index (χ1) is 11.1. The van der Waals surface area contributed by atoms with Crippen LogP contribution in [0.1, 0.15) is 37.7 Å². The Kier molecular flexibility index (Phi) is 2.99. The van der Waals surface area contributed by atoms with E-state index in [1.165, 1.54) is 7.11 Å². The molecule has 3 aliphatic rings. The molecule has 122 valence electrons. The van der Waals surface area contributed by atoms with Gasteiger partial charge in [0, 0.05) is 5.41 Å². The van der Waals surface area contributed by atoms with E-state index in [9.17, 15) is 9.59 Å². The SMILES string of the molecule is COC(=O)C12CCC3(NC(=O)OCc4ccccc4)CC31CC2. The van der Waals surface area contributed by atoms with Crippen LogP contribution in [0.2, 0.25) is 0 Å². The number of hydrogen-bond acceptors (Lipinski definition) is 4. The number of hydrogen-bond donors (Lipinski definition) is 1. The fraction of sp³-hybridized carbons (Fsp3) is 0.556. The highest BCUT2D eigenvalue weighted by Gasteiger charge is 2.86. The highest BCUT2D eigenvalue weighted by atomic mass is 16.5. The number of benzene rings is 1. The van der Waals surface area contributed by atoms with Crippen LogP contribution < -0.4 is 5.32 Å².